The van der Waals surface area contributed by atoms with E-state index in [1.165, 1.54) is 18.4 Å². The second kappa shape index (κ2) is 2.77. The van der Waals surface area contributed by atoms with Crippen LogP contribution < -0.4 is 0 Å². The van der Waals surface area contributed by atoms with E-state index in [1.54, 1.807) is 6.08 Å². The molecule has 0 aliphatic heterocycles. The fourth-order valence-electron chi connectivity index (χ4n) is 1.63. The third kappa shape index (κ3) is 1.42. The van der Waals surface area contributed by atoms with E-state index in [-0.39, 0.29) is 0 Å². The highest BCUT2D eigenvalue weighted by atomic mass is 16.4. The average Bonchev–Trinajstić information content (AvgIpc) is 2.87. The number of rotatable bonds is 2. The van der Waals surface area contributed by atoms with E-state index < -0.39 is 5.97 Å². The highest BCUT2D eigenvalue weighted by molar-refractivity contribution is 5.87. The first kappa shape index (κ1) is 7.59. The molecule has 0 aromatic rings. The number of carboxylic acid groups (broad SMARTS) is 1. The Balaban J connectivity index is 2.09. The first-order valence-electron chi connectivity index (χ1n) is 4.40. The zero-order valence-electron chi connectivity index (χ0n) is 6.92. The molecular formula is C10H12O2. The minimum Gasteiger partial charge on any atom is -0.478 e. The van der Waals surface area contributed by atoms with Crippen molar-refractivity contribution >= 4 is 5.97 Å². The maximum atomic E-state index is 10.5. The van der Waals surface area contributed by atoms with Gasteiger partial charge in [0.1, 0.15) is 0 Å². The second-order valence-corrected chi connectivity index (χ2v) is 3.51. The van der Waals surface area contributed by atoms with E-state index in [0.29, 0.717) is 5.57 Å². The van der Waals surface area contributed by atoms with Gasteiger partial charge in [0.2, 0.25) is 0 Å². The predicted molar refractivity (Wildman–Crippen MR) is 45.8 cm³/mol. The van der Waals surface area contributed by atoms with Gasteiger partial charge in [-0.05, 0) is 31.6 Å². The average molecular weight is 164 g/mol. The largest absolute Gasteiger partial charge is 0.478 e. The minimum absolute atomic E-state index is 0.555. The van der Waals surface area contributed by atoms with Crippen LogP contribution in [0.2, 0.25) is 0 Å². The molecule has 12 heavy (non-hydrogen) atoms. The van der Waals surface area contributed by atoms with E-state index >= 15 is 0 Å². The first-order valence-corrected chi connectivity index (χ1v) is 4.40. The lowest BCUT2D eigenvalue weighted by molar-refractivity contribution is -0.132. The van der Waals surface area contributed by atoms with Crippen LogP contribution in [-0.4, -0.2) is 11.1 Å². The van der Waals surface area contributed by atoms with Crippen molar-refractivity contribution in [2.24, 2.45) is 5.92 Å². The Morgan fingerprint density at radius 2 is 2.08 bits per heavy atom. The molecule has 2 aliphatic rings. The summed E-state index contributed by atoms with van der Waals surface area (Å²) in [6, 6.07) is 0. The van der Waals surface area contributed by atoms with Gasteiger partial charge in [-0.1, -0.05) is 17.7 Å². The van der Waals surface area contributed by atoms with Gasteiger partial charge in [-0.15, -0.1) is 0 Å². The fourth-order valence-corrected chi connectivity index (χ4v) is 1.63. The molecule has 0 aromatic heterocycles. The molecule has 0 aromatic carbocycles. The van der Waals surface area contributed by atoms with Crippen molar-refractivity contribution in [1.29, 1.82) is 0 Å². The van der Waals surface area contributed by atoms with Gasteiger partial charge < -0.3 is 5.11 Å². The number of carbonyl (C=O) groups is 1. The fraction of sp³-hybridized carbons (Fsp3) is 0.500. The molecule has 2 nitrogen and oxygen atoms in total. The van der Waals surface area contributed by atoms with Crippen LogP contribution in [0.4, 0.5) is 0 Å². The van der Waals surface area contributed by atoms with Crippen LogP contribution in [0, 0.1) is 5.92 Å². The van der Waals surface area contributed by atoms with Crippen molar-refractivity contribution in [3.63, 3.8) is 0 Å². The third-order valence-corrected chi connectivity index (χ3v) is 2.56. The van der Waals surface area contributed by atoms with Gasteiger partial charge in [0, 0.05) is 5.57 Å². The van der Waals surface area contributed by atoms with Crippen LogP contribution in [-0.2, 0) is 4.79 Å². The molecule has 2 heteroatoms. The molecule has 0 atom stereocenters. The summed E-state index contributed by atoms with van der Waals surface area (Å²) in [6.45, 7) is 0. The van der Waals surface area contributed by atoms with Gasteiger partial charge in [-0.2, -0.15) is 0 Å². The molecule has 0 spiro atoms. The predicted octanol–water partition coefficient (Wildman–Crippen LogP) is 2.13. The zero-order chi connectivity index (χ0) is 8.55. The molecular weight excluding hydrogens is 152 g/mol. The molecule has 64 valence electrons. The van der Waals surface area contributed by atoms with Crippen LogP contribution in [0.3, 0.4) is 0 Å². The van der Waals surface area contributed by atoms with E-state index in [9.17, 15) is 4.79 Å². The highest BCUT2D eigenvalue weighted by Crippen LogP contribution is 2.40. The second-order valence-electron chi connectivity index (χ2n) is 3.51. The van der Waals surface area contributed by atoms with E-state index in [0.717, 1.165) is 18.8 Å². The standard InChI is InChI=1S/C10H12O2/c11-10(12)9-5-3-8(4-6-9)7-1-2-7/h3,5,7H,1-2,4,6H2,(H,11,12). The van der Waals surface area contributed by atoms with E-state index in [1.807, 2.05) is 6.08 Å². The van der Waals surface area contributed by atoms with Crippen molar-refractivity contribution in [2.75, 3.05) is 0 Å². The van der Waals surface area contributed by atoms with Crippen LogP contribution in [0.1, 0.15) is 25.7 Å². The van der Waals surface area contributed by atoms with Gasteiger partial charge in [-0.3, -0.25) is 0 Å². The van der Waals surface area contributed by atoms with Crippen LogP contribution in [0.25, 0.3) is 0 Å². The molecule has 0 saturated heterocycles. The Bertz CT molecular complexity index is 270. The summed E-state index contributed by atoms with van der Waals surface area (Å²) in [4.78, 5) is 10.5. The molecule has 0 heterocycles. The topological polar surface area (TPSA) is 37.3 Å². The van der Waals surface area contributed by atoms with Crippen LogP contribution in [0.15, 0.2) is 23.3 Å². The zero-order valence-corrected chi connectivity index (χ0v) is 6.92. The lowest BCUT2D eigenvalue weighted by Gasteiger charge is -2.10. The Morgan fingerprint density at radius 1 is 1.33 bits per heavy atom. The quantitative estimate of drug-likeness (QED) is 0.678. The van der Waals surface area contributed by atoms with Crippen molar-refractivity contribution in [2.45, 2.75) is 25.7 Å². The van der Waals surface area contributed by atoms with Crippen molar-refractivity contribution in [3.05, 3.63) is 23.3 Å². The van der Waals surface area contributed by atoms with Crippen LogP contribution >= 0.6 is 0 Å². The molecule has 2 aliphatic carbocycles. The van der Waals surface area contributed by atoms with Gasteiger partial charge in [-0.25, -0.2) is 4.79 Å². The number of hydrogen-bond acceptors (Lipinski definition) is 1. The summed E-state index contributed by atoms with van der Waals surface area (Å²) >= 11 is 0. The molecule has 1 N–H and O–H groups in total. The molecule has 1 fully saturated rings. The Labute approximate surface area is 71.6 Å². The molecule has 0 radical (unpaired) electrons. The number of allylic oxidation sites excluding steroid dienone is 3. The van der Waals surface area contributed by atoms with Crippen molar-refractivity contribution in [1.82, 2.24) is 0 Å². The van der Waals surface area contributed by atoms with E-state index in [4.69, 9.17) is 5.11 Å². The van der Waals surface area contributed by atoms with Crippen LogP contribution in [0.5, 0.6) is 0 Å². The summed E-state index contributed by atoms with van der Waals surface area (Å²) in [5.41, 5.74) is 2.01. The first-order chi connectivity index (χ1) is 5.77. The molecule has 0 bridgehead atoms. The summed E-state index contributed by atoms with van der Waals surface area (Å²) in [7, 11) is 0. The smallest absolute Gasteiger partial charge is 0.331 e. The molecule has 1 saturated carbocycles. The SMILES string of the molecule is O=C(O)C1=CC=C(C2CC2)CC1. The summed E-state index contributed by atoms with van der Waals surface area (Å²) < 4.78 is 0. The monoisotopic (exact) mass is 164 g/mol. The summed E-state index contributed by atoms with van der Waals surface area (Å²) in [5, 5.41) is 8.68. The number of hydrogen-bond donors (Lipinski definition) is 1. The van der Waals surface area contributed by atoms with Gasteiger partial charge >= 0.3 is 5.97 Å². The lowest BCUT2D eigenvalue weighted by atomic mass is 9.95. The summed E-state index contributed by atoms with van der Waals surface area (Å²) in [6.07, 6.45) is 8.06. The maximum absolute atomic E-state index is 10.5. The normalized spacial score (nSPS) is 23.0. The lowest BCUT2D eigenvalue weighted by Crippen LogP contribution is -2.04. The Hall–Kier alpha value is -1.05. The number of aliphatic carboxylic acids is 1. The molecule has 0 amide bonds. The van der Waals surface area contributed by atoms with Crippen molar-refractivity contribution < 1.29 is 9.90 Å². The molecule has 0 unspecified atom stereocenters. The van der Waals surface area contributed by atoms with Gasteiger partial charge in [0.25, 0.3) is 0 Å². The minimum atomic E-state index is -0.763. The highest BCUT2D eigenvalue weighted by Gasteiger charge is 2.27. The van der Waals surface area contributed by atoms with E-state index in [2.05, 4.69) is 0 Å². The molecule has 2 rings (SSSR count). The Kier molecular flexibility index (Phi) is 1.75. The summed E-state index contributed by atoms with van der Waals surface area (Å²) in [5.74, 6) is 0.0256. The van der Waals surface area contributed by atoms with Gasteiger partial charge in [0.15, 0.2) is 0 Å². The number of carboxylic acids is 1. The van der Waals surface area contributed by atoms with Crippen molar-refractivity contribution in [3.8, 4) is 0 Å². The third-order valence-electron chi connectivity index (χ3n) is 2.56. The Morgan fingerprint density at radius 3 is 2.50 bits per heavy atom. The van der Waals surface area contributed by atoms with Gasteiger partial charge in [0.05, 0.1) is 0 Å². The maximum Gasteiger partial charge on any atom is 0.331 e.